The second kappa shape index (κ2) is 8.19. The third-order valence-corrected chi connectivity index (χ3v) is 4.83. The van der Waals surface area contributed by atoms with Gasteiger partial charge in [-0.25, -0.2) is 4.98 Å². The van der Waals surface area contributed by atoms with E-state index in [0.717, 1.165) is 41.8 Å². The van der Waals surface area contributed by atoms with Crippen LogP contribution in [0.4, 0.5) is 11.5 Å². The molecule has 28 heavy (non-hydrogen) atoms. The van der Waals surface area contributed by atoms with Gasteiger partial charge in [0.05, 0.1) is 17.8 Å². The van der Waals surface area contributed by atoms with Gasteiger partial charge in [-0.15, -0.1) is 0 Å². The molecule has 1 saturated carbocycles. The molecule has 6 heteroatoms. The molecule has 3 rings (SSSR count). The molecule has 0 aliphatic heterocycles. The van der Waals surface area contributed by atoms with Gasteiger partial charge in [-0.1, -0.05) is 6.07 Å². The summed E-state index contributed by atoms with van der Waals surface area (Å²) >= 11 is 0. The number of aromatic nitrogens is 1. The Kier molecular flexibility index (Phi) is 5.89. The number of nitrogens with zero attached hydrogens (tertiary/aromatic N) is 1. The third kappa shape index (κ3) is 4.81. The average Bonchev–Trinajstić information content (AvgIpc) is 3.47. The standard InChI is InChI=1S/C22H30N4O2/c1-5-23-19-11-16(12-24-20(19)26-22(3,4)13-27)18-10-15(7-6-14(18)2)21(28)25-17-8-9-17/h6-7,10-12,17,23,27H,5,8-9,13H2,1-4H3,(H,24,26)(H,25,28). The molecule has 1 fully saturated rings. The van der Waals surface area contributed by atoms with E-state index in [2.05, 4.69) is 20.9 Å². The Labute approximate surface area is 166 Å². The maximum atomic E-state index is 12.4. The number of aliphatic hydroxyl groups excluding tert-OH is 1. The van der Waals surface area contributed by atoms with E-state index in [1.807, 2.05) is 58.2 Å². The number of aryl methyl sites for hydroxylation is 1. The SMILES string of the molecule is CCNc1cc(-c2cc(C(=O)NC3CC3)ccc2C)cnc1NC(C)(C)CO. The maximum absolute atomic E-state index is 12.4. The predicted octanol–water partition coefficient (Wildman–Crippen LogP) is 3.56. The predicted molar refractivity (Wildman–Crippen MR) is 114 cm³/mol. The molecule has 0 bridgehead atoms. The first-order valence-corrected chi connectivity index (χ1v) is 9.88. The highest BCUT2D eigenvalue weighted by Gasteiger charge is 2.24. The van der Waals surface area contributed by atoms with E-state index in [0.29, 0.717) is 17.4 Å². The van der Waals surface area contributed by atoms with Crippen molar-refractivity contribution in [1.29, 1.82) is 0 Å². The summed E-state index contributed by atoms with van der Waals surface area (Å²) in [4.78, 5) is 17.0. The molecule has 1 aromatic carbocycles. The van der Waals surface area contributed by atoms with E-state index in [9.17, 15) is 9.90 Å². The Bertz CT molecular complexity index is 860. The quantitative estimate of drug-likeness (QED) is 0.561. The van der Waals surface area contributed by atoms with Crippen molar-refractivity contribution in [2.45, 2.75) is 52.1 Å². The normalized spacial score (nSPS) is 13.9. The van der Waals surface area contributed by atoms with E-state index < -0.39 is 5.54 Å². The number of carbonyl (C=O) groups is 1. The first kappa shape index (κ1) is 20.1. The Morgan fingerprint density at radius 3 is 2.68 bits per heavy atom. The highest BCUT2D eigenvalue weighted by Crippen LogP contribution is 2.31. The van der Waals surface area contributed by atoms with Crippen LogP contribution in [0.2, 0.25) is 0 Å². The number of anilines is 2. The van der Waals surface area contributed by atoms with Gasteiger partial charge in [-0.05, 0) is 69.9 Å². The van der Waals surface area contributed by atoms with Crippen molar-refractivity contribution in [3.63, 3.8) is 0 Å². The fraction of sp³-hybridized carbons (Fsp3) is 0.455. The molecule has 4 N–H and O–H groups in total. The number of hydrogen-bond donors (Lipinski definition) is 4. The van der Waals surface area contributed by atoms with Gasteiger partial charge in [0.15, 0.2) is 0 Å². The largest absolute Gasteiger partial charge is 0.394 e. The van der Waals surface area contributed by atoms with E-state index >= 15 is 0 Å². The summed E-state index contributed by atoms with van der Waals surface area (Å²) in [6, 6.07) is 8.15. The molecule has 1 aliphatic rings. The molecule has 0 unspecified atom stereocenters. The molecule has 0 radical (unpaired) electrons. The van der Waals surface area contributed by atoms with Crippen LogP contribution in [0, 0.1) is 6.92 Å². The maximum Gasteiger partial charge on any atom is 0.251 e. The van der Waals surface area contributed by atoms with Gasteiger partial charge < -0.3 is 21.1 Å². The van der Waals surface area contributed by atoms with Crippen LogP contribution in [0.1, 0.15) is 49.5 Å². The van der Waals surface area contributed by atoms with Crippen LogP contribution in [0.5, 0.6) is 0 Å². The summed E-state index contributed by atoms with van der Waals surface area (Å²) < 4.78 is 0. The zero-order valence-corrected chi connectivity index (χ0v) is 17.1. The zero-order valence-electron chi connectivity index (χ0n) is 17.1. The van der Waals surface area contributed by atoms with Crippen molar-refractivity contribution in [2.24, 2.45) is 0 Å². The second-order valence-corrected chi connectivity index (χ2v) is 8.09. The average molecular weight is 383 g/mol. The summed E-state index contributed by atoms with van der Waals surface area (Å²) in [6.45, 7) is 8.66. The van der Waals surface area contributed by atoms with Crippen molar-refractivity contribution < 1.29 is 9.90 Å². The number of pyridine rings is 1. The molecule has 0 atom stereocenters. The Balaban J connectivity index is 1.93. The van der Waals surface area contributed by atoms with Gasteiger partial charge in [-0.2, -0.15) is 0 Å². The minimum absolute atomic E-state index is 0.000739. The first-order chi connectivity index (χ1) is 13.3. The van der Waals surface area contributed by atoms with Gasteiger partial charge in [0, 0.05) is 29.9 Å². The van der Waals surface area contributed by atoms with E-state index in [4.69, 9.17) is 0 Å². The molecule has 2 aromatic rings. The number of nitrogens with one attached hydrogen (secondary N) is 3. The van der Waals surface area contributed by atoms with Crippen LogP contribution in [0.3, 0.4) is 0 Å². The smallest absolute Gasteiger partial charge is 0.251 e. The van der Waals surface area contributed by atoms with Crippen molar-refractivity contribution in [3.8, 4) is 11.1 Å². The fourth-order valence-corrected chi connectivity index (χ4v) is 2.97. The fourth-order valence-electron chi connectivity index (χ4n) is 2.97. The summed E-state index contributed by atoms with van der Waals surface area (Å²) in [5.74, 6) is 0.677. The van der Waals surface area contributed by atoms with Crippen LogP contribution in [0.15, 0.2) is 30.5 Å². The monoisotopic (exact) mass is 382 g/mol. The van der Waals surface area contributed by atoms with E-state index in [1.165, 1.54) is 0 Å². The van der Waals surface area contributed by atoms with Crippen molar-refractivity contribution in [1.82, 2.24) is 10.3 Å². The van der Waals surface area contributed by atoms with Crippen LogP contribution >= 0.6 is 0 Å². The summed E-state index contributed by atoms with van der Waals surface area (Å²) in [7, 11) is 0. The molecular formula is C22H30N4O2. The minimum atomic E-state index is -0.477. The summed E-state index contributed by atoms with van der Waals surface area (Å²) in [5.41, 5.74) is 4.08. The van der Waals surface area contributed by atoms with Crippen molar-refractivity contribution in [3.05, 3.63) is 41.6 Å². The van der Waals surface area contributed by atoms with E-state index in [1.54, 1.807) is 0 Å². The highest BCUT2D eigenvalue weighted by molar-refractivity contribution is 5.96. The lowest BCUT2D eigenvalue weighted by molar-refractivity contribution is 0.0951. The number of hydrogen-bond acceptors (Lipinski definition) is 5. The first-order valence-electron chi connectivity index (χ1n) is 9.88. The number of carbonyl (C=O) groups excluding carboxylic acids is 1. The minimum Gasteiger partial charge on any atom is -0.394 e. The van der Waals surface area contributed by atoms with Crippen LogP contribution in [0.25, 0.3) is 11.1 Å². The molecule has 6 nitrogen and oxygen atoms in total. The van der Waals surface area contributed by atoms with Crippen LogP contribution in [-0.2, 0) is 0 Å². The van der Waals surface area contributed by atoms with Crippen LogP contribution < -0.4 is 16.0 Å². The van der Waals surface area contributed by atoms with Gasteiger partial charge in [0.2, 0.25) is 0 Å². The number of rotatable bonds is 8. The Morgan fingerprint density at radius 2 is 2.04 bits per heavy atom. The van der Waals surface area contributed by atoms with Gasteiger partial charge in [0.1, 0.15) is 5.82 Å². The second-order valence-electron chi connectivity index (χ2n) is 8.09. The van der Waals surface area contributed by atoms with E-state index in [-0.39, 0.29) is 12.5 Å². The Morgan fingerprint density at radius 1 is 1.29 bits per heavy atom. The number of benzene rings is 1. The molecule has 1 heterocycles. The number of amides is 1. The molecule has 0 spiro atoms. The lowest BCUT2D eigenvalue weighted by Crippen LogP contribution is -2.35. The van der Waals surface area contributed by atoms with Gasteiger partial charge >= 0.3 is 0 Å². The lowest BCUT2D eigenvalue weighted by atomic mass is 9.98. The van der Waals surface area contributed by atoms with Crippen LogP contribution in [-0.4, -0.2) is 40.7 Å². The van der Waals surface area contributed by atoms with Crippen molar-refractivity contribution in [2.75, 3.05) is 23.8 Å². The molecular weight excluding hydrogens is 352 g/mol. The van der Waals surface area contributed by atoms with Crippen molar-refractivity contribution >= 4 is 17.4 Å². The molecule has 150 valence electrons. The number of aliphatic hydroxyl groups is 1. The summed E-state index contributed by atoms with van der Waals surface area (Å²) in [6.07, 6.45) is 3.94. The van der Waals surface area contributed by atoms with Gasteiger partial charge in [-0.3, -0.25) is 4.79 Å². The zero-order chi connectivity index (χ0) is 20.3. The topological polar surface area (TPSA) is 86.3 Å². The Hall–Kier alpha value is -2.60. The highest BCUT2D eigenvalue weighted by atomic mass is 16.3. The van der Waals surface area contributed by atoms with Gasteiger partial charge in [0.25, 0.3) is 5.91 Å². The molecule has 1 amide bonds. The molecule has 0 saturated heterocycles. The molecule has 1 aliphatic carbocycles. The molecule has 1 aromatic heterocycles. The lowest BCUT2D eigenvalue weighted by Gasteiger charge is -2.26. The summed E-state index contributed by atoms with van der Waals surface area (Å²) in [5, 5.41) is 19.2. The third-order valence-electron chi connectivity index (χ3n) is 4.83.